The van der Waals surface area contributed by atoms with Crippen molar-refractivity contribution in [2.24, 2.45) is 5.92 Å². The lowest BCUT2D eigenvalue weighted by Gasteiger charge is -2.30. The molecule has 0 aliphatic carbocycles. The van der Waals surface area contributed by atoms with Crippen molar-refractivity contribution in [3.05, 3.63) is 70.8 Å². The first-order valence-electron chi connectivity index (χ1n) is 8.83. The smallest absolute Gasteiger partial charge is 0.355 e. The molecule has 1 saturated heterocycles. The fourth-order valence-corrected chi connectivity index (χ4v) is 3.47. The summed E-state index contributed by atoms with van der Waals surface area (Å²) in [6.45, 7) is 2.42. The number of alkyl halides is 3. The number of aryl methyl sites for hydroxylation is 2. The van der Waals surface area contributed by atoms with Gasteiger partial charge in [-0.3, -0.25) is 4.79 Å². The summed E-state index contributed by atoms with van der Waals surface area (Å²) in [6.07, 6.45) is -2.28. The van der Waals surface area contributed by atoms with E-state index in [2.05, 4.69) is 17.4 Å². The minimum atomic E-state index is -4.35. The van der Waals surface area contributed by atoms with Crippen molar-refractivity contribution in [3.63, 3.8) is 0 Å². The molecular formula is C21H22F3NO. The maximum Gasteiger partial charge on any atom is 0.416 e. The summed E-state index contributed by atoms with van der Waals surface area (Å²) in [7, 11) is 0. The highest BCUT2D eigenvalue weighted by Gasteiger charge is 2.33. The van der Waals surface area contributed by atoms with Crippen molar-refractivity contribution >= 4 is 5.91 Å². The first-order valence-corrected chi connectivity index (χ1v) is 8.83. The molecule has 2 atom stereocenters. The second-order valence-corrected chi connectivity index (χ2v) is 7.02. The van der Waals surface area contributed by atoms with Crippen LogP contribution in [0.3, 0.4) is 0 Å². The van der Waals surface area contributed by atoms with Crippen LogP contribution in [0.2, 0.25) is 0 Å². The molecule has 0 bridgehead atoms. The molecule has 0 aromatic heterocycles. The third-order valence-electron chi connectivity index (χ3n) is 5.05. The molecule has 2 aromatic rings. The van der Waals surface area contributed by atoms with E-state index in [9.17, 15) is 18.0 Å². The normalized spacial score (nSPS) is 20.7. The van der Waals surface area contributed by atoms with Gasteiger partial charge in [0.2, 0.25) is 5.91 Å². The highest BCUT2D eigenvalue weighted by atomic mass is 19.4. The van der Waals surface area contributed by atoms with Crippen LogP contribution in [0, 0.1) is 12.8 Å². The molecule has 3 rings (SSSR count). The Hall–Kier alpha value is -2.30. The molecule has 1 aliphatic rings. The number of carbonyl (C=O) groups excluding carboxylic acids is 1. The molecule has 2 nitrogen and oxygen atoms in total. The first kappa shape index (κ1) is 18.5. The van der Waals surface area contributed by atoms with Gasteiger partial charge in [0.25, 0.3) is 0 Å². The number of amides is 1. The summed E-state index contributed by atoms with van der Waals surface area (Å²) in [5.74, 6) is -0.261. The van der Waals surface area contributed by atoms with E-state index in [0.29, 0.717) is 24.9 Å². The van der Waals surface area contributed by atoms with E-state index in [1.165, 1.54) is 23.3 Å². The molecule has 0 radical (unpaired) electrons. The third-order valence-corrected chi connectivity index (χ3v) is 5.05. The molecule has 138 valence electrons. The van der Waals surface area contributed by atoms with Crippen molar-refractivity contribution in [1.82, 2.24) is 5.32 Å². The maximum absolute atomic E-state index is 12.9. The van der Waals surface area contributed by atoms with Gasteiger partial charge in [-0.1, -0.05) is 48.0 Å². The van der Waals surface area contributed by atoms with E-state index in [4.69, 9.17) is 0 Å². The van der Waals surface area contributed by atoms with Crippen molar-refractivity contribution < 1.29 is 18.0 Å². The molecule has 26 heavy (non-hydrogen) atoms. The summed E-state index contributed by atoms with van der Waals surface area (Å²) >= 11 is 0. The molecule has 0 spiro atoms. The molecule has 0 saturated carbocycles. The monoisotopic (exact) mass is 361 g/mol. The number of benzene rings is 2. The number of piperidine rings is 1. The van der Waals surface area contributed by atoms with E-state index in [1.807, 2.05) is 19.1 Å². The Balaban J connectivity index is 1.68. The van der Waals surface area contributed by atoms with E-state index in [1.54, 1.807) is 6.07 Å². The van der Waals surface area contributed by atoms with E-state index >= 15 is 0 Å². The van der Waals surface area contributed by atoms with Crippen LogP contribution in [0.15, 0.2) is 48.5 Å². The number of hydrogen-bond donors (Lipinski definition) is 1. The molecule has 1 fully saturated rings. The van der Waals surface area contributed by atoms with Crippen LogP contribution in [0.25, 0.3) is 0 Å². The Kier molecular flexibility index (Phi) is 5.35. The van der Waals surface area contributed by atoms with Crippen LogP contribution >= 0.6 is 0 Å². The molecule has 2 aromatic carbocycles. The first-order chi connectivity index (χ1) is 12.3. The van der Waals surface area contributed by atoms with Gasteiger partial charge in [0.05, 0.1) is 5.56 Å². The summed E-state index contributed by atoms with van der Waals surface area (Å²) in [4.78, 5) is 12.2. The van der Waals surface area contributed by atoms with Crippen molar-refractivity contribution in [3.8, 4) is 0 Å². The zero-order valence-corrected chi connectivity index (χ0v) is 14.6. The predicted molar refractivity (Wildman–Crippen MR) is 94.8 cm³/mol. The van der Waals surface area contributed by atoms with Gasteiger partial charge in [-0.2, -0.15) is 13.2 Å². The second kappa shape index (κ2) is 7.52. The fourth-order valence-electron chi connectivity index (χ4n) is 3.47. The standard InChI is InChI=1S/C21H22F3NO/c1-14-5-7-15(8-6-14)9-10-17-11-18(13-25-20(17)26)16-3-2-4-19(12-16)21(22,23)24/h2-8,12,17-18H,9-11,13H2,1H3,(H,25,26)/t17?,18-/m1/s1. The SMILES string of the molecule is Cc1ccc(CCC2C[C@@H](c3cccc(C(F)(F)F)c3)CNC2=O)cc1. The minimum absolute atomic E-state index is 0.000313. The van der Waals surface area contributed by atoms with Crippen LogP contribution in [-0.4, -0.2) is 12.5 Å². The van der Waals surface area contributed by atoms with E-state index in [-0.39, 0.29) is 17.7 Å². The van der Waals surface area contributed by atoms with Gasteiger partial charge in [0.1, 0.15) is 0 Å². The van der Waals surface area contributed by atoms with Gasteiger partial charge in [-0.15, -0.1) is 0 Å². The Morgan fingerprint density at radius 3 is 2.54 bits per heavy atom. The predicted octanol–water partition coefficient (Wildman–Crippen LogP) is 4.87. The molecule has 1 unspecified atom stereocenters. The zero-order valence-electron chi connectivity index (χ0n) is 14.6. The fraction of sp³-hybridized carbons (Fsp3) is 0.381. The largest absolute Gasteiger partial charge is 0.416 e. The van der Waals surface area contributed by atoms with Gasteiger partial charge in [0, 0.05) is 18.4 Å². The summed E-state index contributed by atoms with van der Waals surface area (Å²) in [5.41, 5.74) is 2.36. The Morgan fingerprint density at radius 1 is 1.12 bits per heavy atom. The van der Waals surface area contributed by atoms with E-state index in [0.717, 1.165) is 12.5 Å². The highest BCUT2D eigenvalue weighted by molar-refractivity contribution is 5.79. The van der Waals surface area contributed by atoms with Crippen molar-refractivity contribution in [2.75, 3.05) is 6.54 Å². The Morgan fingerprint density at radius 2 is 1.85 bits per heavy atom. The van der Waals surface area contributed by atoms with Crippen LogP contribution in [0.4, 0.5) is 13.2 Å². The summed E-state index contributed by atoms with van der Waals surface area (Å²) in [6, 6.07) is 13.6. The quantitative estimate of drug-likeness (QED) is 0.827. The molecular weight excluding hydrogens is 339 g/mol. The van der Waals surface area contributed by atoms with Crippen LogP contribution in [-0.2, 0) is 17.4 Å². The third kappa shape index (κ3) is 4.45. The van der Waals surface area contributed by atoms with Crippen LogP contribution < -0.4 is 5.32 Å². The van der Waals surface area contributed by atoms with Crippen LogP contribution in [0.1, 0.15) is 41.0 Å². The lowest BCUT2D eigenvalue weighted by atomic mass is 9.82. The lowest BCUT2D eigenvalue weighted by Crippen LogP contribution is -2.40. The van der Waals surface area contributed by atoms with Gasteiger partial charge >= 0.3 is 6.18 Å². The number of carbonyl (C=O) groups is 1. The average Bonchev–Trinajstić information content (AvgIpc) is 2.62. The molecule has 5 heteroatoms. The number of halogens is 3. The highest BCUT2D eigenvalue weighted by Crippen LogP contribution is 2.34. The topological polar surface area (TPSA) is 29.1 Å². The Labute approximate surface area is 151 Å². The molecule has 1 aliphatic heterocycles. The number of hydrogen-bond acceptors (Lipinski definition) is 1. The van der Waals surface area contributed by atoms with Gasteiger partial charge in [-0.05, 0) is 43.4 Å². The minimum Gasteiger partial charge on any atom is -0.355 e. The summed E-state index contributed by atoms with van der Waals surface area (Å²) < 4.78 is 38.8. The number of rotatable bonds is 4. The summed E-state index contributed by atoms with van der Waals surface area (Å²) in [5, 5.41) is 2.86. The van der Waals surface area contributed by atoms with Crippen LogP contribution in [0.5, 0.6) is 0 Å². The average molecular weight is 361 g/mol. The van der Waals surface area contributed by atoms with Crippen molar-refractivity contribution in [1.29, 1.82) is 0 Å². The van der Waals surface area contributed by atoms with E-state index < -0.39 is 11.7 Å². The molecule has 1 N–H and O–H groups in total. The van der Waals surface area contributed by atoms with Gasteiger partial charge < -0.3 is 5.32 Å². The maximum atomic E-state index is 12.9. The number of nitrogens with one attached hydrogen (secondary N) is 1. The van der Waals surface area contributed by atoms with Gasteiger partial charge in [-0.25, -0.2) is 0 Å². The van der Waals surface area contributed by atoms with Gasteiger partial charge in [0.15, 0.2) is 0 Å². The Bertz CT molecular complexity index is 768. The zero-order chi connectivity index (χ0) is 18.7. The molecule has 1 amide bonds. The lowest BCUT2D eigenvalue weighted by molar-refractivity contribution is -0.137. The molecule has 1 heterocycles. The van der Waals surface area contributed by atoms with Crippen molar-refractivity contribution in [2.45, 2.75) is 38.3 Å². The second-order valence-electron chi connectivity index (χ2n) is 7.02.